The predicted octanol–water partition coefficient (Wildman–Crippen LogP) is 4.28. The number of para-hydroxylation sites is 1. The number of sulfonamides is 1. The molecule has 156 valence electrons. The number of hydrogen-bond acceptors (Lipinski definition) is 3. The number of carbonyl (C=O) groups excluding carboxylic acids is 1. The van der Waals surface area contributed by atoms with Gasteiger partial charge in [-0.3, -0.25) is 9.10 Å². The van der Waals surface area contributed by atoms with Crippen LogP contribution in [0.25, 0.3) is 0 Å². The maximum atomic E-state index is 13.5. The van der Waals surface area contributed by atoms with E-state index < -0.39 is 33.6 Å². The number of amides is 1. The maximum Gasteiger partial charge on any atom is 0.264 e. The molecule has 1 unspecified atom stereocenters. The van der Waals surface area contributed by atoms with Gasteiger partial charge in [-0.25, -0.2) is 17.2 Å². The van der Waals surface area contributed by atoms with Crippen LogP contribution in [-0.2, 0) is 10.0 Å². The summed E-state index contributed by atoms with van der Waals surface area (Å²) in [5.74, 6) is -2.66. The summed E-state index contributed by atoms with van der Waals surface area (Å²) < 4.78 is 54.0. The lowest BCUT2D eigenvalue weighted by Gasteiger charge is -2.22. The summed E-state index contributed by atoms with van der Waals surface area (Å²) in [7, 11) is -2.61. The second kappa shape index (κ2) is 8.62. The number of anilines is 1. The lowest BCUT2D eigenvalue weighted by atomic mass is 10.1. The first kappa shape index (κ1) is 21.4. The Morgan fingerprint density at radius 1 is 0.933 bits per heavy atom. The highest BCUT2D eigenvalue weighted by Gasteiger charge is 2.27. The Balaban J connectivity index is 1.90. The summed E-state index contributed by atoms with van der Waals surface area (Å²) in [5.41, 5.74) is 0.751. The number of rotatable bonds is 6. The average molecular weight is 430 g/mol. The van der Waals surface area contributed by atoms with Crippen LogP contribution in [0.3, 0.4) is 0 Å². The molecule has 0 heterocycles. The molecule has 0 fully saturated rings. The van der Waals surface area contributed by atoms with Crippen LogP contribution in [-0.4, -0.2) is 21.4 Å². The number of nitrogens with one attached hydrogen (secondary N) is 1. The number of carbonyl (C=O) groups is 1. The first-order chi connectivity index (χ1) is 14.2. The third kappa shape index (κ3) is 4.33. The van der Waals surface area contributed by atoms with E-state index in [-0.39, 0.29) is 10.5 Å². The van der Waals surface area contributed by atoms with Gasteiger partial charge in [0.1, 0.15) is 4.90 Å². The minimum absolute atomic E-state index is 0.0466. The van der Waals surface area contributed by atoms with Crippen LogP contribution in [0.5, 0.6) is 0 Å². The molecule has 1 amide bonds. The molecular formula is C22H20F2N2O3S. The zero-order valence-electron chi connectivity index (χ0n) is 16.3. The second-order valence-corrected chi connectivity index (χ2v) is 8.61. The van der Waals surface area contributed by atoms with Gasteiger partial charge in [-0.2, -0.15) is 0 Å². The third-order valence-electron chi connectivity index (χ3n) is 4.68. The predicted molar refractivity (Wildman–Crippen MR) is 111 cm³/mol. The zero-order chi connectivity index (χ0) is 21.9. The fourth-order valence-electron chi connectivity index (χ4n) is 2.94. The van der Waals surface area contributed by atoms with Gasteiger partial charge in [0.05, 0.1) is 17.3 Å². The van der Waals surface area contributed by atoms with E-state index in [0.29, 0.717) is 11.3 Å². The van der Waals surface area contributed by atoms with Gasteiger partial charge in [0.25, 0.3) is 15.9 Å². The number of benzene rings is 3. The molecule has 8 heteroatoms. The third-order valence-corrected chi connectivity index (χ3v) is 6.52. The molecule has 0 saturated carbocycles. The van der Waals surface area contributed by atoms with Crippen molar-refractivity contribution in [2.24, 2.45) is 0 Å². The summed E-state index contributed by atoms with van der Waals surface area (Å²) in [5, 5.41) is 2.64. The van der Waals surface area contributed by atoms with Gasteiger partial charge in [0.15, 0.2) is 11.6 Å². The standard InChI is InChI=1S/C22H20F2N2O3S/c1-15(16-12-13-19(23)20(24)14-16)25-22(27)18-10-6-7-11-21(18)30(28,29)26(2)17-8-4-3-5-9-17/h3-15H,1-2H3,(H,25,27). The number of nitrogens with zero attached hydrogens (tertiary/aromatic N) is 1. The molecule has 1 atom stereocenters. The van der Waals surface area contributed by atoms with E-state index in [1.165, 1.54) is 31.3 Å². The van der Waals surface area contributed by atoms with Gasteiger partial charge >= 0.3 is 0 Å². The molecule has 3 aromatic rings. The number of halogens is 2. The molecule has 0 bridgehead atoms. The molecule has 0 saturated heterocycles. The van der Waals surface area contributed by atoms with Crippen LogP contribution in [0, 0.1) is 11.6 Å². The van der Waals surface area contributed by atoms with Gasteiger partial charge in [-0.15, -0.1) is 0 Å². The molecule has 0 aliphatic heterocycles. The molecule has 0 aromatic heterocycles. The smallest absolute Gasteiger partial charge is 0.264 e. The van der Waals surface area contributed by atoms with Crippen molar-refractivity contribution in [1.29, 1.82) is 0 Å². The summed E-state index contributed by atoms with van der Waals surface area (Å²) >= 11 is 0. The normalized spacial score (nSPS) is 12.3. The van der Waals surface area contributed by atoms with Crippen LogP contribution < -0.4 is 9.62 Å². The van der Waals surface area contributed by atoms with Gasteiger partial charge in [-0.05, 0) is 48.9 Å². The van der Waals surface area contributed by atoms with Gasteiger partial charge in [-0.1, -0.05) is 36.4 Å². The SMILES string of the molecule is CC(NC(=O)c1ccccc1S(=O)(=O)N(C)c1ccccc1)c1ccc(F)c(F)c1. The Kier molecular flexibility index (Phi) is 6.17. The Labute approximate surface area is 174 Å². The molecule has 0 spiro atoms. The van der Waals surface area contributed by atoms with E-state index in [9.17, 15) is 22.0 Å². The highest BCUT2D eigenvalue weighted by atomic mass is 32.2. The topological polar surface area (TPSA) is 66.5 Å². The largest absolute Gasteiger partial charge is 0.345 e. The summed E-state index contributed by atoms with van der Waals surface area (Å²) in [4.78, 5) is 12.7. The lowest BCUT2D eigenvalue weighted by Crippen LogP contribution is -2.32. The fraction of sp³-hybridized carbons (Fsp3) is 0.136. The molecule has 30 heavy (non-hydrogen) atoms. The van der Waals surface area contributed by atoms with E-state index in [2.05, 4.69) is 5.32 Å². The molecule has 1 N–H and O–H groups in total. The van der Waals surface area contributed by atoms with Crippen molar-refractivity contribution >= 4 is 21.6 Å². The van der Waals surface area contributed by atoms with Gasteiger partial charge in [0.2, 0.25) is 0 Å². The summed E-state index contributed by atoms with van der Waals surface area (Å²) in [6, 6.07) is 17.0. The molecule has 0 radical (unpaired) electrons. The quantitative estimate of drug-likeness (QED) is 0.635. The van der Waals surface area contributed by atoms with E-state index in [0.717, 1.165) is 16.4 Å². The Morgan fingerprint density at radius 3 is 2.23 bits per heavy atom. The Bertz CT molecular complexity index is 1170. The van der Waals surface area contributed by atoms with E-state index in [1.54, 1.807) is 43.3 Å². The Morgan fingerprint density at radius 2 is 1.57 bits per heavy atom. The van der Waals surface area contributed by atoms with Crippen molar-refractivity contribution in [3.63, 3.8) is 0 Å². The van der Waals surface area contributed by atoms with Crippen molar-refractivity contribution in [3.8, 4) is 0 Å². The molecule has 5 nitrogen and oxygen atoms in total. The van der Waals surface area contributed by atoms with Crippen LogP contribution in [0.1, 0.15) is 28.9 Å². The molecule has 3 rings (SSSR count). The van der Waals surface area contributed by atoms with Crippen LogP contribution in [0.4, 0.5) is 14.5 Å². The van der Waals surface area contributed by atoms with Gasteiger partial charge in [0, 0.05) is 7.05 Å². The van der Waals surface area contributed by atoms with E-state index in [4.69, 9.17) is 0 Å². The van der Waals surface area contributed by atoms with Crippen molar-refractivity contribution in [2.75, 3.05) is 11.4 Å². The van der Waals surface area contributed by atoms with Crippen LogP contribution in [0.15, 0.2) is 77.7 Å². The zero-order valence-corrected chi connectivity index (χ0v) is 17.2. The van der Waals surface area contributed by atoms with E-state index in [1.807, 2.05) is 0 Å². The first-order valence-electron chi connectivity index (χ1n) is 9.10. The van der Waals surface area contributed by atoms with Crippen molar-refractivity contribution < 1.29 is 22.0 Å². The van der Waals surface area contributed by atoms with Crippen molar-refractivity contribution in [2.45, 2.75) is 17.9 Å². The van der Waals surface area contributed by atoms with E-state index >= 15 is 0 Å². The maximum absolute atomic E-state index is 13.5. The van der Waals surface area contributed by atoms with Crippen LogP contribution >= 0.6 is 0 Å². The average Bonchev–Trinajstić information content (AvgIpc) is 2.75. The lowest BCUT2D eigenvalue weighted by molar-refractivity contribution is 0.0936. The highest BCUT2D eigenvalue weighted by Crippen LogP contribution is 2.25. The molecular weight excluding hydrogens is 410 g/mol. The van der Waals surface area contributed by atoms with Crippen molar-refractivity contribution in [1.82, 2.24) is 5.32 Å². The fourth-order valence-corrected chi connectivity index (χ4v) is 4.33. The molecule has 0 aliphatic carbocycles. The van der Waals surface area contributed by atoms with Gasteiger partial charge < -0.3 is 5.32 Å². The second-order valence-electron chi connectivity index (χ2n) is 6.67. The Hall–Kier alpha value is -3.26. The summed E-state index contributed by atoms with van der Waals surface area (Å²) in [6.07, 6.45) is 0. The highest BCUT2D eigenvalue weighted by molar-refractivity contribution is 7.92. The van der Waals surface area contributed by atoms with Crippen LogP contribution in [0.2, 0.25) is 0 Å². The molecule has 0 aliphatic rings. The summed E-state index contributed by atoms with van der Waals surface area (Å²) in [6.45, 7) is 1.60. The monoisotopic (exact) mass is 430 g/mol. The minimum atomic E-state index is -4.02. The minimum Gasteiger partial charge on any atom is -0.345 e. The first-order valence-corrected chi connectivity index (χ1v) is 10.5. The molecule has 3 aromatic carbocycles. The van der Waals surface area contributed by atoms with Crippen molar-refractivity contribution in [3.05, 3.63) is 95.6 Å². The number of hydrogen-bond donors (Lipinski definition) is 1.